The van der Waals surface area contributed by atoms with Crippen molar-refractivity contribution in [2.45, 2.75) is 13.0 Å². The first-order valence-electron chi connectivity index (χ1n) is 7.29. The number of anilines is 1. The number of hydrogen-bond acceptors (Lipinski definition) is 3. The Morgan fingerprint density at radius 3 is 2.78 bits per heavy atom. The van der Waals surface area contributed by atoms with Crippen molar-refractivity contribution < 1.29 is 9.47 Å². The van der Waals surface area contributed by atoms with Gasteiger partial charge < -0.3 is 25.1 Å². The summed E-state index contributed by atoms with van der Waals surface area (Å²) in [6, 6.07) is 9.67. The van der Waals surface area contributed by atoms with Gasteiger partial charge >= 0.3 is 0 Å². The fourth-order valence-corrected chi connectivity index (χ4v) is 2.26. The quantitative estimate of drug-likeness (QED) is 0.448. The maximum absolute atomic E-state index is 5.94. The second-order valence-corrected chi connectivity index (χ2v) is 5.15. The number of guanidine groups is 1. The summed E-state index contributed by atoms with van der Waals surface area (Å²) in [5.41, 5.74) is 7.87. The van der Waals surface area contributed by atoms with Crippen molar-refractivity contribution in [3.05, 3.63) is 42.2 Å². The monoisotopic (exact) mass is 428 g/mol. The van der Waals surface area contributed by atoms with Gasteiger partial charge in [0.25, 0.3) is 0 Å². The third-order valence-electron chi connectivity index (χ3n) is 3.48. The van der Waals surface area contributed by atoms with Crippen molar-refractivity contribution in [3.63, 3.8) is 0 Å². The van der Waals surface area contributed by atoms with Crippen LogP contribution in [0.1, 0.15) is 12.1 Å². The van der Waals surface area contributed by atoms with E-state index in [-0.39, 0.29) is 24.0 Å². The minimum Gasteiger partial charge on any atom is -0.490 e. The minimum atomic E-state index is 0. The Balaban J connectivity index is 0.00000192. The number of aromatic nitrogens is 1. The van der Waals surface area contributed by atoms with E-state index in [0.29, 0.717) is 25.7 Å². The summed E-state index contributed by atoms with van der Waals surface area (Å²) in [5, 5.41) is 3.08. The van der Waals surface area contributed by atoms with Gasteiger partial charge in [-0.1, -0.05) is 0 Å². The van der Waals surface area contributed by atoms with E-state index in [1.165, 1.54) is 0 Å². The molecule has 0 fully saturated rings. The summed E-state index contributed by atoms with van der Waals surface area (Å²) < 4.78 is 13.3. The largest absolute Gasteiger partial charge is 0.490 e. The fourth-order valence-electron chi connectivity index (χ4n) is 2.26. The number of benzene rings is 1. The van der Waals surface area contributed by atoms with Gasteiger partial charge in [-0.2, -0.15) is 0 Å². The number of hydrogen-bond donors (Lipinski definition) is 2. The molecule has 1 aliphatic heterocycles. The zero-order valence-corrected chi connectivity index (χ0v) is 15.3. The number of aliphatic imine (C=N–C) groups is 1. The van der Waals surface area contributed by atoms with E-state index >= 15 is 0 Å². The van der Waals surface area contributed by atoms with E-state index < -0.39 is 0 Å². The van der Waals surface area contributed by atoms with Gasteiger partial charge in [0.15, 0.2) is 17.5 Å². The number of fused-ring (bicyclic) bond motifs is 1. The molecule has 0 radical (unpaired) electrons. The lowest BCUT2D eigenvalue weighted by Gasteiger charge is -2.10. The third-order valence-corrected chi connectivity index (χ3v) is 3.48. The normalized spacial score (nSPS) is 13.9. The molecule has 0 saturated heterocycles. The van der Waals surface area contributed by atoms with Crippen LogP contribution in [0.2, 0.25) is 0 Å². The Labute approximate surface area is 152 Å². The fraction of sp³-hybridized carbons (Fsp3) is 0.312. The summed E-state index contributed by atoms with van der Waals surface area (Å²) in [6.07, 6.45) is 2.87. The molecular formula is C16H21IN4O2. The highest BCUT2D eigenvalue weighted by atomic mass is 127. The molecule has 0 spiro atoms. The molecule has 0 aliphatic carbocycles. The van der Waals surface area contributed by atoms with Crippen LogP contribution in [0.5, 0.6) is 11.5 Å². The molecule has 0 amide bonds. The first-order chi connectivity index (χ1) is 10.7. The Kier molecular flexibility index (Phi) is 6.14. The van der Waals surface area contributed by atoms with Crippen molar-refractivity contribution in [3.8, 4) is 11.5 Å². The van der Waals surface area contributed by atoms with E-state index in [1.807, 2.05) is 48.1 Å². The number of nitrogens with one attached hydrogen (secondary N) is 1. The van der Waals surface area contributed by atoms with Crippen molar-refractivity contribution in [1.82, 2.24) is 4.57 Å². The van der Waals surface area contributed by atoms with Crippen LogP contribution < -0.4 is 20.5 Å². The Morgan fingerprint density at radius 1 is 1.26 bits per heavy atom. The van der Waals surface area contributed by atoms with Crippen LogP contribution in [-0.2, 0) is 13.6 Å². The minimum absolute atomic E-state index is 0. The topological polar surface area (TPSA) is 73.8 Å². The molecule has 0 atom stereocenters. The van der Waals surface area contributed by atoms with Crippen LogP contribution in [0, 0.1) is 0 Å². The molecule has 7 heteroatoms. The third kappa shape index (κ3) is 4.54. The predicted molar refractivity (Wildman–Crippen MR) is 102 cm³/mol. The number of nitrogens with zero attached hydrogens (tertiary/aromatic N) is 2. The van der Waals surface area contributed by atoms with Gasteiger partial charge in [-0.15, -0.1) is 24.0 Å². The van der Waals surface area contributed by atoms with Crippen molar-refractivity contribution in [2.24, 2.45) is 17.8 Å². The van der Waals surface area contributed by atoms with E-state index in [2.05, 4.69) is 10.3 Å². The molecule has 23 heavy (non-hydrogen) atoms. The number of halogens is 1. The highest BCUT2D eigenvalue weighted by Crippen LogP contribution is 2.32. The molecule has 124 valence electrons. The molecule has 2 aromatic rings. The van der Waals surface area contributed by atoms with Crippen molar-refractivity contribution in [2.75, 3.05) is 18.5 Å². The summed E-state index contributed by atoms with van der Waals surface area (Å²) in [6.45, 7) is 1.88. The van der Waals surface area contributed by atoms with Gasteiger partial charge in [0.1, 0.15) is 0 Å². The zero-order valence-electron chi connectivity index (χ0n) is 13.0. The van der Waals surface area contributed by atoms with Gasteiger partial charge in [-0.25, -0.2) is 4.99 Å². The van der Waals surface area contributed by atoms with E-state index in [9.17, 15) is 0 Å². The molecule has 6 nitrogen and oxygen atoms in total. The lowest BCUT2D eigenvalue weighted by molar-refractivity contribution is 0.297. The van der Waals surface area contributed by atoms with Crippen LogP contribution in [0.15, 0.2) is 41.5 Å². The molecule has 1 aromatic heterocycles. The summed E-state index contributed by atoms with van der Waals surface area (Å²) in [7, 11) is 1.98. The second kappa shape index (κ2) is 8.09. The SMILES string of the molecule is Cn1cccc1CN=C(N)Nc1ccc2c(c1)OCCCO2.I. The average Bonchev–Trinajstić information content (AvgIpc) is 2.78. The van der Waals surface area contributed by atoms with Gasteiger partial charge in [-0.05, 0) is 24.3 Å². The maximum Gasteiger partial charge on any atom is 0.193 e. The smallest absolute Gasteiger partial charge is 0.193 e. The molecule has 1 aromatic carbocycles. The van der Waals surface area contributed by atoms with Gasteiger partial charge in [-0.3, -0.25) is 0 Å². The summed E-state index contributed by atoms with van der Waals surface area (Å²) in [4.78, 5) is 4.34. The summed E-state index contributed by atoms with van der Waals surface area (Å²) >= 11 is 0. The van der Waals surface area contributed by atoms with Crippen molar-refractivity contribution in [1.29, 1.82) is 0 Å². The number of ether oxygens (including phenoxy) is 2. The van der Waals surface area contributed by atoms with Gasteiger partial charge in [0.2, 0.25) is 0 Å². The molecule has 0 saturated carbocycles. The van der Waals surface area contributed by atoms with E-state index in [1.54, 1.807) is 0 Å². The Hall–Kier alpha value is -1.90. The molecule has 3 N–H and O–H groups in total. The molecular weight excluding hydrogens is 407 g/mol. The van der Waals surface area contributed by atoms with Crippen molar-refractivity contribution >= 4 is 35.6 Å². The van der Waals surface area contributed by atoms with Gasteiger partial charge in [0, 0.05) is 37.1 Å². The van der Waals surface area contributed by atoms with E-state index in [0.717, 1.165) is 29.3 Å². The highest BCUT2D eigenvalue weighted by Gasteiger charge is 2.10. The van der Waals surface area contributed by atoms with Crippen LogP contribution in [-0.4, -0.2) is 23.7 Å². The first-order valence-corrected chi connectivity index (χ1v) is 7.29. The van der Waals surface area contributed by atoms with Crippen LogP contribution in [0.25, 0.3) is 0 Å². The summed E-state index contributed by atoms with van der Waals surface area (Å²) in [5.74, 6) is 1.87. The first kappa shape index (κ1) is 17.5. The molecule has 1 aliphatic rings. The average molecular weight is 428 g/mol. The van der Waals surface area contributed by atoms with Crippen LogP contribution >= 0.6 is 24.0 Å². The number of aryl methyl sites for hydroxylation is 1. The van der Waals surface area contributed by atoms with E-state index in [4.69, 9.17) is 15.2 Å². The Morgan fingerprint density at radius 2 is 2.04 bits per heavy atom. The number of rotatable bonds is 3. The van der Waals surface area contributed by atoms with Crippen LogP contribution in [0.3, 0.4) is 0 Å². The molecule has 3 rings (SSSR count). The highest BCUT2D eigenvalue weighted by molar-refractivity contribution is 14.0. The zero-order chi connectivity index (χ0) is 15.4. The molecule has 2 heterocycles. The second-order valence-electron chi connectivity index (χ2n) is 5.15. The predicted octanol–water partition coefficient (Wildman–Crippen LogP) is 2.73. The van der Waals surface area contributed by atoms with Crippen LogP contribution in [0.4, 0.5) is 5.69 Å². The maximum atomic E-state index is 5.94. The number of nitrogens with two attached hydrogens (primary N) is 1. The Bertz CT molecular complexity index is 684. The standard InChI is InChI=1S/C16H20N4O2.HI/c1-20-7-2-4-13(20)11-18-16(17)19-12-5-6-14-15(10-12)22-9-3-8-21-14;/h2,4-7,10H,3,8-9,11H2,1H3,(H3,17,18,19);1H. The van der Waals surface area contributed by atoms with Gasteiger partial charge in [0.05, 0.1) is 19.8 Å². The molecule has 0 bridgehead atoms. The lowest BCUT2D eigenvalue weighted by atomic mass is 10.3. The molecule has 0 unspecified atom stereocenters. The lowest BCUT2D eigenvalue weighted by Crippen LogP contribution is -2.22.